The van der Waals surface area contributed by atoms with Crippen molar-refractivity contribution in [1.29, 1.82) is 0 Å². The molecule has 0 spiro atoms. The fourth-order valence-corrected chi connectivity index (χ4v) is 3.70. The molecule has 1 aromatic carbocycles. The number of benzene rings is 1. The topological polar surface area (TPSA) is 93.9 Å². The molecular formula is C27H41N3O5. The summed E-state index contributed by atoms with van der Waals surface area (Å²) >= 11 is 0. The van der Waals surface area contributed by atoms with E-state index in [0.717, 1.165) is 63.0 Å². The number of aromatic nitrogens is 1. The van der Waals surface area contributed by atoms with Gasteiger partial charge in [-0.25, -0.2) is 4.79 Å². The maximum atomic E-state index is 12.8. The summed E-state index contributed by atoms with van der Waals surface area (Å²) in [6.45, 7) is 4.31. The highest BCUT2D eigenvalue weighted by Crippen LogP contribution is 2.12. The van der Waals surface area contributed by atoms with Crippen LogP contribution in [0.2, 0.25) is 0 Å². The third-order valence-corrected chi connectivity index (χ3v) is 5.74. The lowest BCUT2D eigenvalue weighted by Gasteiger charge is -2.23. The zero-order valence-corrected chi connectivity index (χ0v) is 21.3. The average Bonchev–Trinajstić information content (AvgIpc) is 3.33. The summed E-state index contributed by atoms with van der Waals surface area (Å²) < 4.78 is 15.3. The molecule has 8 heteroatoms. The van der Waals surface area contributed by atoms with Crippen LogP contribution in [0.4, 0.5) is 10.5 Å². The van der Waals surface area contributed by atoms with E-state index in [1.807, 2.05) is 41.3 Å². The van der Waals surface area contributed by atoms with E-state index in [0.29, 0.717) is 5.76 Å². The normalized spacial score (nSPS) is 10.8. The standard InChI is InChI=1S/C27H41N3O5/c1-3-4-5-6-12-18-30(27(32)28-23-14-9-7-10-15-23)19-13-8-11-16-24-21-25(35-29-24)22-34-20-17-26(31)33-2/h7,9-10,14-15,21H,3-6,8,11-13,16-20,22H2,1-2H3,(H,28,32). The van der Waals surface area contributed by atoms with Gasteiger partial charge < -0.3 is 24.2 Å². The van der Waals surface area contributed by atoms with E-state index >= 15 is 0 Å². The van der Waals surface area contributed by atoms with Crippen molar-refractivity contribution < 1.29 is 23.6 Å². The molecular weight excluding hydrogens is 446 g/mol. The van der Waals surface area contributed by atoms with Gasteiger partial charge in [0.25, 0.3) is 0 Å². The van der Waals surface area contributed by atoms with Gasteiger partial charge in [0.05, 0.1) is 25.8 Å². The molecule has 0 saturated heterocycles. The zero-order chi connectivity index (χ0) is 25.1. The van der Waals surface area contributed by atoms with Crippen molar-refractivity contribution in [1.82, 2.24) is 10.1 Å². The Bertz CT molecular complexity index is 840. The van der Waals surface area contributed by atoms with E-state index in [-0.39, 0.29) is 31.6 Å². The summed E-state index contributed by atoms with van der Waals surface area (Å²) in [6, 6.07) is 11.5. The van der Waals surface area contributed by atoms with Gasteiger partial charge in [-0.3, -0.25) is 4.79 Å². The highest BCUT2D eigenvalue weighted by atomic mass is 16.5. The van der Waals surface area contributed by atoms with Crippen molar-refractivity contribution in [2.24, 2.45) is 0 Å². The van der Waals surface area contributed by atoms with Crippen molar-refractivity contribution in [2.75, 3.05) is 32.1 Å². The minimum Gasteiger partial charge on any atom is -0.469 e. The second-order valence-corrected chi connectivity index (χ2v) is 8.67. The van der Waals surface area contributed by atoms with E-state index in [1.165, 1.54) is 26.4 Å². The molecule has 2 rings (SSSR count). The van der Waals surface area contributed by atoms with Gasteiger partial charge in [0, 0.05) is 24.8 Å². The number of rotatable bonds is 18. The smallest absolute Gasteiger partial charge is 0.321 e. The number of para-hydroxylation sites is 1. The molecule has 1 heterocycles. The molecule has 0 atom stereocenters. The Hall–Kier alpha value is -2.87. The van der Waals surface area contributed by atoms with Gasteiger partial charge in [-0.2, -0.15) is 0 Å². The SMILES string of the molecule is CCCCCCCN(CCCCCc1cc(COCCC(=O)OC)on1)C(=O)Nc1ccccc1. The monoisotopic (exact) mass is 487 g/mol. The summed E-state index contributed by atoms with van der Waals surface area (Å²) in [5.74, 6) is 0.354. The largest absolute Gasteiger partial charge is 0.469 e. The number of esters is 1. The van der Waals surface area contributed by atoms with Crippen LogP contribution in [0.1, 0.15) is 76.2 Å². The van der Waals surface area contributed by atoms with Crippen molar-refractivity contribution in [2.45, 2.75) is 77.7 Å². The third-order valence-electron chi connectivity index (χ3n) is 5.74. The second-order valence-electron chi connectivity index (χ2n) is 8.67. The number of ether oxygens (including phenoxy) is 2. The summed E-state index contributed by atoms with van der Waals surface area (Å²) in [6.07, 6.45) is 9.83. The van der Waals surface area contributed by atoms with Crippen LogP contribution in [-0.2, 0) is 27.3 Å². The van der Waals surface area contributed by atoms with Crippen molar-refractivity contribution in [3.63, 3.8) is 0 Å². The molecule has 2 aromatic rings. The van der Waals surface area contributed by atoms with Gasteiger partial charge in [-0.05, 0) is 37.8 Å². The Balaban J connectivity index is 1.68. The van der Waals surface area contributed by atoms with E-state index in [9.17, 15) is 9.59 Å². The number of hydrogen-bond acceptors (Lipinski definition) is 6. The van der Waals surface area contributed by atoms with Crippen LogP contribution in [0.3, 0.4) is 0 Å². The molecule has 0 unspecified atom stereocenters. The molecule has 8 nitrogen and oxygen atoms in total. The van der Waals surface area contributed by atoms with Gasteiger partial charge >= 0.3 is 12.0 Å². The quantitative estimate of drug-likeness (QED) is 0.206. The highest BCUT2D eigenvalue weighted by Gasteiger charge is 2.13. The van der Waals surface area contributed by atoms with Crippen molar-refractivity contribution in [3.8, 4) is 0 Å². The van der Waals surface area contributed by atoms with E-state index in [2.05, 4.69) is 22.1 Å². The lowest BCUT2D eigenvalue weighted by atomic mass is 10.1. The predicted molar refractivity (Wildman–Crippen MR) is 136 cm³/mol. The molecule has 194 valence electrons. The van der Waals surface area contributed by atoms with Gasteiger partial charge in [-0.1, -0.05) is 62.4 Å². The first-order chi connectivity index (χ1) is 17.1. The molecule has 1 N–H and O–H groups in total. The Morgan fingerprint density at radius 2 is 1.71 bits per heavy atom. The number of amides is 2. The van der Waals surface area contributed by atoms with Crippen molar-refractivity contribution >= 4 is 17.7 Å². The number of nitrogens with zero attached hydrogens (tertiary/aromatic N) is 2. The first-order valence-corrected chi connectivity index (χ1v) is 12.8. The van der Waals surface area contributed by atoms with Crippen LogP contribution in [0.5, 0.6) is 0 Å². The molecule has 0 aliphatic rings. The number of urea groups is 1. The zero-order valence-electron chi connectivity index (χ0n) is 21.3. The Labute approximate surface area is 209 Å². The van der Waals surface area contributed by atoms with Gasteiger partial charge in [-0.15, -0.1) is 0 Å². The predicted octanol–water partition coefficient (Wildman–Crippen LogP) is 5.97. The number of unbranched alkanes of at least 4 members (excludes halogenated alkanes) is 6. The van der Waals surface area contributed by atoms with Crippen LogP contribution in [0, 0.1) is 0 Å². The Morgan fingerprint density at radius 3 is 2.43 bits per heavy atom. The van der Waals surface area contributed by atoms with Crippen LogP contribution in [0.25, 0.3) is 0 Å². The number of methoxy groups -OCH3 is 1. The lowest BCUT2D eigenvalue weighted by molar-refractivity contribution is -0.142. The van der Waals surface area contributed by atoms with Crippen LogP contribution in [0.15, 0.2) is 40.9 Å². The van der Waals surface area contributed by atoms with E-state index < -0.39 is 0 Å². The fourth-order valence-electron chi connectivity index (χ4n) is 3.70. The molecule has 35 heavy (non-hydrogen) atoms. The molecule has 0 saturated carbocycles. The van der Waals surface area contributed by atoms with E-state index in [1.54, 1.807) is 0 Å². The first kappa shape index (κ1) is 28.4. The summed E-state index contributed by atoms with van der Waals surface area (Å²) in [7, 11) is 1.36. The number of hydrogen-bond donors (Lipinski definition) is 1. The van der Waals surface area contributed by atoms with Gasteiger partial charge in [0.2, 0.25) is 0 Å². The molecule has 0 fully saturated rings. The second kappa shape index (κ2) is 17.5. The number of aryl methyl sites for hydroxylation is 1. The first-order valence-electron chi connectivity index (χ1n) is 12.8. The molecule has 0 bridgehead atoms. The maximum absolute atomic E-state index is 12.8. The highest BCUT2D eigenvalue weighted by molar-refractivity contribution is 5.89. The third kappa shape index (κ3) is 12.4. The molecule has 0 aliphatic heterocycles. The summed E-state index contributed by atoms with van der Waals surface area (Å²) in [4.78, 5) is 25.9. The lowest BCUT2D eigenvalue weighted by Crippen LogP contribution is -2.36. The van der Waals surface area contributed by atoms with Crippen LogP contribution in [-0.4, -0.2) is 48.9 Å². The Morgan fingerprint density at radius 1 is 1.00 bits per heavy atom. The number of carbonyl (C=O) groups excluding carboxylic acids is 2. The molecule has 0 radical (unpaired) electrons. The van der Waals surface area contributed by atoms with Crippen LogP contribution < -0.4 is 5.32 Å². The van der Waals surface area contributed by atoms with Crippen molar-refractivity contribution in [3.05, 3.63) is 47.9 Å². The number of anilines is 1. The molecule has 2 amide bonds. The Kier molecular flexibility index (Phi) is 14.2. The molecule has 0 aliphatic carbocycles. The summed E-state index contributed by atoms with van der Waals surface area (Å²) in [5.41, 5.74) is 1.72. The molecule has 1 aromatic heterocycles. The van der Waals surface area contributed by atoms with E-state index in [4.69, 9.17) is 9.26 Å². The average molecular weight is 488 g/mol. The van der Waals surface area contributed by atoms with Gasteiger partial charge in [0.15, 0.2) is 5.76 Å². The number of carbonyl (C=O) groups is 2. The minimum absolute atomic E-state index is 0.0277. The van der Waals surface area contributed by atoms with Gasteiger partial charge in [0.1, 0.15) is 6.61 Å². The number of nitrogens with one attached hydrogen (secondary N) is 1. The maximum Gasteiger partial charge on any atom is 0.321 e. The van der Waals surface area contributed by atoms with Crippen LogP contribution >= 0.6 is 0 Å². The fraction of sp³-hybridized carbons (Fsp3) is 0.593. The summed E-state index contributed by atoms with van der Waals surface area (Å²) in [5, 5.41) is 7.12. The minimum atomic E-state index is -0.295.